The Labute approximate surface area is 109 Å². The van der Waals surface area contributed by atoms with Crippen LogP contribution in [-0.4, -0.2) is 29.8 Å². The maximum Gasteiger partial charge on any atom is 0.0623 e. The molecule has 1 aromatic rings. The van der Waals surface area contributed by atoms with Gasteiger partial charge in [0.2, 0.25) is 0 Å². The van der Waals surface area contributed by atoms with Gasteiger partial charge in [0.1, 0.15) is 0 Å². The van der Waals surface area contributed by atoms with E-state index in [-0.39, 0.29) is 0 Å². The number of ether oxygens (including phenoxy) is 1. The number of likely N-dealkylation sites (N-methyl/N-ethyl adjacent to an activating group) is 1. The topological polar surface area (TPSA) is 34.2 Å². The van der Waals surface area contributed by atoms with Gasteiger partial charge in [0.25, 0.3) is 0 Å². The van der Waals surface area contributed by atoms with Crippen LogP contribution >= 0.6 is 0 Å². The van der Waals surface area contributed by atoms with Gasteiger partial charge in [-0.05, 0) is 37.9 Å². The second-order valence-electron chi connectivity index (χ2n) is 5.46. The first-order valence-corrected chi connectivity index (χ1v) is 7.15. The summed E-state index contributed by atoms with van der Waals surface area (Å²) in [6, 6.07) is 6.69. The van der Waals surface area contributed by atoms with Crippen molar-refractivity contribution in [1.82, 2.24) is 10.3 Å². The lowest BCUT2D eigenvalue weighted by atomic mass is 9.82. The van der Waals surface area contributed by atoms with E-state index in [2.05, 4.69) is 29.4 Å². The second-order valence-corrected chi connectivity index (χ2v) is 5.46. The molecule has 3 heteroatoms. The third-order valence-corrected chi connectivity index (χ3v) is 4.29. The fraction of sp³-hybridized carbons (Fsp3) is 0.667. The molecule has 3 nitrogen and oxygen atoms in total. The van der Waals surface area contributed by atoms with Crippen molar-refractivity contribution in [2.24, 2.45) is 5.92 Å². The SMILES string of the molecule is CCNC(Cc1ccccn1)C1CC2CCC1O2. The van der Waals surface area contributed by atoms with Crippen LogP contribution in [0.1, 0.15) is 31.9 Å². The fourth-order valence-electron chi connectivity index (χ4n) is 3.48. The highest BCUT2D eigenvalue weighted by Crippen LogP contribution is 2.40. The van der Waals surface area contributed by atoms with E-state index in [1.165, 1.54) is 25.0 Å². The molecular formula is C15H22N2O. The van der Waals surface area contributed by atoms with Crippen molar-refractivity contribution in [1.29, 1.82) is 0 Å². The molecular weight excluding hydrogens is 224 g/mol. The van der Waals surface area contributed by atoms with Crippen LogP contribution in [0, 0.1) is 5.92 Å². The Kier molecular flexibility index (Phi) is 3.62. The third kappa shape index (κ3) is 2.43. The van der Waals surface area contributed by atoms with Gasteiger partial charge in [0.15, 0.2) is 0 Å². The summed E-state index contributed by atoms with van der Waals surface area (Å²) in [6.07, 6.45) is 7.67. The van der Waals surface area contributed by atoms with E-state index in [0.29, 0.717) is 24.2 Å². The standard InChI is InChI=1S/C15H22N2O/c1-2-16-14(9-11-5-3-4-8-17-11)13-10-12-6-7-15(13)18-12/h3-5,8,12-16H,2,6-7,9-10H2,1H3. The molecule has 2 aliphatic rings. The van der Waals surface area contributed by atoms with Crippen LogP contribution in [0.25, 0.3) is 0 Å². The predicted molar refractivity (Wildman–Crippen MR) is 71.4 cm³/mol. The zero-order valence-corrected chi connectivity index (χ0v) is 11.0. The van der Waals surface area contributed by atoms with Crippen LogP contribution < -0.4 is 5.32 Å². The summed E-state index contributed by atoms with van der Waals surface area (Å²) in [4.78, 5) is 4.45. The Balaban J connectivity index is 1.68. The molecule has 0 amide bonds. The van der Waals surface area contributed by atoms with Gasteiger partial charge < -0.3 is 10.1 Å². The van der Waals surface area contributed by atoms with Gasteiger partial charge in [-0.15, -0.1) is 0 Å². The zero-order chi connectivity index (χ0) is 12.4. The number of hydrogen-bond acceptors (Lipinski definition) is 3. The molecule has 2 saturated heterocycles. The van der Waals surface area contributed by atoms with Gasteiger partial charge in [0.05, 0.1) is 12.2 Å². The highest BCUT2D eigenvalue weighted by atomic mass is 16.5. The van der Waals surface area contributed by atoms with E-state index >= 15 is 0 Å². The van der Waals surface area contributed by atoms with Crippen molar-refractivity contribution < 1.29 is 4.74 Å². The summed E-state index contributed by atoms with van der Waals surface area (Å²) in [5.41, 5.74) is 1.19. The van der Waals surface area contributed by atoms with Crippen LogP contribution in [0.4, 0.5) is 0 Å². The minimum Gasteiger partial charge on any atom is -0.375 e. The lowest BCUT2D eigenvalue weighted by molar-refractivity contribution is 0.0858. The molecule has 4 unspecified atom stereocenters. The van der Waals surface area contributed by atoms with Crippen molar-refractivity contribution in [2.75, 3.05) is 6.54 Å². The van der Waals surface area contributed by atoms with Crippen molar-refractivity contribution in [3.8, 4) is 0 Å². The molecule has 4 atom stereocenters. The first-order valence-electron chi connectivity index (χ1n) is 7.15. The molecule has 98 valence electrons. The third-order valence-electron chi connectivity index (χ3n) is 4.29. The first-order chi connectivity index (χ1) is 8.86. The summed E-state index contributed by atoms with van der Waals surface area (Å²) in [6.45, 7) is 3.20. The second kappa shape index (κ2) is 5.37. The van der Waals surface area contributed by atoms with Crippen LogP contribution in [0.3, 0.4) is 0 Å². The summed E-state index contributed by atoms with van der Waals surface area (Å²) in [7, 11) is 0. The van der Waals surface area contributed by atoms with Crippen LogP contribution in [0.2, 0.25) is 0 Å². The Morgan fingerprint density at radius 1 is 1.44 bits per heavy atom. The summed E-state index contributed by atoms with van der Waals surface area (Å²) < 4.78 is 5.99. The Morgan fingerprint density at radius 3 is 3.00 bits per heavy atom. The number of fused-ring (bicyclic) bond motifs is 2. The number of hydrogen-bond donors (Lipinski definition) is 1. The molecule has 0 aromatic carbocycles. The number of aromatic nitrogens is 1. The Bertz CT molecular complexity index is 381. The van der Waals surface area contributed by atoms with Crippen molar-refractivity contribution in [3.63, 3.8) is 0 Å². The van der Waals surface area contributed by atoms with E-state index in [9.17, 15) is 0 Å². The lowest BCUT2D eigenvalue weighted by Gasteiger charge is -2.29. The molecule has 2 bridgehead atoms. The smallest absolute Gasteiger partial charge is 0.0623 e. The van der Waals surface area contributed by atoms with Crippen molar-refractivity contribution in [2.45, 2.75) is 50.9 Å². The lowest BCUT2D eigenvalue weighted by Crippen LogP contribution is -2.42. The van der Waals surface area contributed by atoms with Gasteiger partial charge in [-0.2, -0.15) is 0 Å². The average Bonchev–Trinajstić information content (AvgIpc) is 3.02. The molecule has 3 rings (SSSR count). The Hall–Kier alpha value is -0.930. The maximum atomic E-state index is 5.99. The van der Waals surface area contributed by atoms with E-state index in [1.54, 1.807) is 0 Å². The molecule has 2 fully saturated rings. The molecule has 1 N–H and O–H groups in total. The van der Waals surface area contributed by atoms with Gasteiger partial charge in [0, 0.05) is 30.3 Å². The summed E-state index contributed by atoms with van der Waals surface area (Å²) in [5.74, 6) is 0.672. The van der Waals surface area contributed by atoms with Crippen LogP contribution in [0.5, 0.6) is 0 Å². The molecule has 0 saturated carbocycles. The molecule has 1 aromatic heterocycles. The first kappa shape index (κ1) is 12.1. The minimum atomic E-state index is 0.489. The maximum absolute atomic E-state index is 5.99. The van der Waals surface area contributed by atoms with Crippen LogP contribution in [0.15, 0.2) is 24.4 Å². The van der Waals surface area contributed by atoms with E-state index in [1.807, 2.05) is 12.3 Å². The van der Waals surface area contributed by atoms with Gasteiger partial charge in [-0.3, -0.25) is 4.98 Å². The number of rotatable bonds is 5. The van der Waals surface area contributed by atoms with Gasteiger partial charge in [-0.1, -0.05) is 13.0 Å². The largest absolute Gasteiger partial charge is 0.375 e. The minimum absolute atomic E-state index is 0.489. The monoisotopic (exact) mass is 246 g/mol. The predicted octanol–water partition coefficient (Wildman–Crippen LogP) is 2.17. The summed E-state index contributed by atoms with van der Waals surface area (Å²) >= 11 is 0. The van der Waals surface area contributed by atoms with Crippen molar-refractivity contribution in [3.05, 3.63) is 30.1 Å². The van der Waals surface area contributed by atoms with E-state index in [0.717, 1.165) is 13.0 Å². The van der Waals surface area contributed by atoms with Gasteiger partial charge in [-0.25, -0.2) is 0 Å². The average molecular weight is 246 g/mol. The normalized spacial score (nSPS) is 31.7. The van der Waals surface area contributed by atoms with Gasteiger partial charge >= 0.3 is 0 Å². The highest BCUT2D eigenvalue weighted by molar-refractivity contribution is 5.07. The van der Waals surface area contributed by atoms with E-state index < -0.39 is 0 Å². The molecule has 0 spiro atoms. The van der Waals surface area contributed by atoms with Crippen LogP contribution in [-0.2, 0) is 11.2 Å². The van der Waals surface area contributed by atoms with Crippen molar-refractivity contribution >= 4 is 0 Å². The number of pyridine rings is 1. The highest BCUT2D eigenvalue weighted by Gasteiger charge is 2.44. The Morgan fingerprint density at radius 2 is 2.39 bits per heavy atom. The molecule has 3 heterocycles. The molecule has 2 aliphatic heterocycles. The molecule has 0 aliphatic carbocycles. The van der Waals surface area contributed by atoms with E-state index in [4.69, 9.17) is 4.74 Å². The zero-order valence-electron chi connectivity index (χ0n) is 11.0. The molecule has 0 radical (unpaired) electrons. The number of nitrogens with zero attached hydrogens (tertiary/aromatic N) is 1. The summed E-state index contributed by atoms with van der Waals surface area (Å²) in [5, 5.41) is 3.64. The molecule has 18 heavy (non-hydrogen) atoms. The quantitative estimate of drug-likeness (QED) is 0.864. The number of nitrogens with one attached hydrogen (secondary N) is 1. The fourth-order valence-corrected chi connectivity index (χ4v) is 3.48.